The molecular weight excluding hydrogens is 291 g/mol. The molecule has 1 aromatic carbocycles. The highest BCUT2D eigenvalue weighted by atomic mass is 32.1. The van der Waals surface area contributed by atoms with Gasteiger partial charge in [0.1, 0.15) is 17.4 Å². The minimum Gasteiger partial charge on any atom is -0.458 e. The highest BCUT2D eigenvalue weighted by Crippen LogP contribution is 2.36. The normalized spacial score (nSPS) is 13.8. The van der Waals surface area contributed by atoms with E-state index in [9.17, 15) is 18.3 Å². The molecule has 7 heteroatoms. The number of aromatic nitrogens is 1. The van der Waals surface area contributed by atoms with Gasteiger partial charge in [-0.3, -0.25) is 0 Å². The maximum atomic E-state index is 12.5. The van der Waals surface area contributed by atoms with Gasteiger partial charge in [0.2, 0.25) is 0 Å². The van der Waals surface area contributed by atoms with Gasteiger partial charge in [-0.15, -0.1) is 11.3 Å². The van der Waals surface area contributed by atoms with Crippen LogP contribution in [-0.2, 0) is 6.18 Å². The number of benzene rings is 1. The Hall–Kier alpha value is -1.86. The van der Waals surface area contributed by atoms with Crippen LogP contribution in [0.5, 0.6) is 0 Å². The van der Waals surface area contributed by atoms with Crippen molar-refractivity contribution in [3.05, 3.63) is 52.2 Å². The Labute approximate surface area is 115 Å². The van der Waals surface area contributed by atoms with Crippen LogP contribution >= 0.6 is 11.3 Å². The molecule has 0 amide bonds. The number of hydrogen-bond acceptors (Lipinski definition) is 4. The van der Waals surface area contributed by atoms with E-state index in [0.717, 1.165) is 11.6 Å². The zero-order chi connectivity index (χ0) is 14.3. The van der Waals surface area contributed by atoms with E-state index in [2.05, 4.69) is 4.98 Å². The number of para-hydroxylation sites is 1. The highest BCUT2D eigenvalue weighted by Gasteiger charge is 2.35. The summed E-state index contributed by atoms with van der Waals surface area (Å²) in [5.74, 6) is 0.198. The van der Waals surface area contributed by atoms with Crippen LogP contribution in [0.3, 0.4) is 0 Å². The van der Waals surface area contributed by atoms with Crippen molar-refractivity contribution in [1.29, 1.82) is 0 Å². The summed E-state index contributed by atoms with van der Waals surface area (Å²) in [6.07, 6.45) is -4.74. The minimum atomic E-state index is -4.50. The molecule has 0 saturated carbocycles. The molecule has 20 heavy (non-hydrogen) atoms. The molecule has 0 aliphatic rings. The number of halogens is 3. The van der Waals surface area contributed by atoms with Crippen molar-refractivity contribution in [2.45, 2.75) is 12.3 Å². The number of aliphatic hydroxyl groups excluding tert-OH is 1. The molecule has 3 rings (SSSR count). The number of hydrogen-bond donors (Lipinski definition) is 1. The van der Waals surface area contributed by atoms with Crippen molar-refractivity contribution in [3.8, 4) is 0 Å². The Morgan fingerprint density at radius 1 is 1.25 bits per heavy atom. The molecule has 104 valence electrons. The Kier molecular flexibility index (Phi) is 3.02. The van der Waals surface area contributed by atoms with Gasteiger partial charge in [-0.05, 0) is 12.1 Å². The van der Waals surface area contributed by atoms with E-state index >= 15 is 0 Å². The van der Waals surface area contributed by atoms with Crippen LogP contribution in [-0.4, -0.2) is 10.1 Å². The average molecular weight is 299 g/mol. The van der Waals surface area contributed by atoms with E-state index in [4.69, 9.17) is 4.42 Å². The molecule has 3 aromatic rings. The predicted octanol–water partition coefficient (Wildman–Crippen LogP) is 3.99. The number of furan rings is 1. The summed E-state index contributed by atoms with van der Waals surface area (Å²) in [5.41, 5.74) is 0.571. The minimum absolute atomic E-state index is 0.0939. The van der Waals surface area contributed by atoms with Gasteiger partial charge in [-0.2, -0.15) is 13.2 Å². The highest BCUT2D eigenvalue weighted by molar-refractivity contribution is 7.11. The number of aliphatic hydroxyl groups is 1. The maximum Gasteiger partial charge on any atom is 0.443 e. The van der Waals surface area contributed by atoms with Gasteiger partial charge in [0.25, 0.3) is 0 Å². The van der Waals surface area contributed by atoms with Crippen molar-refractivity contribution in [2.75, 3.05) is 0 Å². The number of rotatable bonds is 2. The van der Waals surface area contributed by atoms with Crippen LogP contribution in [0.2, 0.25) is 0 Å². The van der Waals surface area contributed by atoms with Crippen LogP contribution in [0.4, 0.5) is 13.2 Å². The van der Waals surface area contributed by atoms with Gasteiger partial charge < -0.3 is 9.52 Å². The second-order valence-corrected chi connectivity index (χ2v) is 5.22. The molecular formula is C13H8F3NO2S. The van der Waals surface area contributed by atoms with Crippen LogP contribution in [0, 0.1) is 0 Å². The van der Waals surface area contributed by atoms with E-state index in [1.54, 1.807) is 24.3 Å². The first-order valence-corrected chi connectivity index (χ1v) is 6.46. The van der Waals surface area contributed by atoms with Crippen LogP contribution in [0.15, 0.2) is 40.9 Å². The summed E-state index contributed by atoms with van der Waals surface area (Å²) < 4.78 is 42.9. The number of thiazole rings is 1. The quantitative estimate of drug-likeness (QED) is 0.778. The van der Waals surface area contributed by atoms with Gasteiger partial charge in [0, 0.05) is 11.6 Å². The lowest BCUT2D eigenvalue weighted by atomic mass is 10.2. The van der Waals surface area contributed by atoms with E-state index in [1.165, 1.54) is 0 Å². The molecule has 1 atom stereocenters. The molecule has 0 radical (unpaired) electrons. The second-order valence-electron chi connectivity index (χ2n) is 4.15. The van der Waals surface area contributed by atoms with Gasteiger partial charge in [0.15, 0.2) is 5.01 Å². The molecule has 0 spiro atoms. The molecule has 0 saturated heterocycles. The fraction of sp³-hybridized carbons (Fsp3) is 0.154. The second kappa shape index (κ2) is 4.60. The molecule has 0 bridgehead atoms. The Balaban J connectivity index is 1.95. The smallest absolute Gasteiger partial charge is 0.443 e. The average Bonchev–Trinajstić information content (AvgIpc) is 3.04. The molecule has 0 aliphatic heterocycles. The molecule has 1 unspecified atom stereocenters. The van der Waals surface area contributed by atoms with Crippen LogP contribution in [0.25, 0.3) is 11.0 Å². The van der Waals surface area contributed by atoms with Crippen molar-refractivity contribution in [3.63, 3.8) is 0 Å². The van der Waals surface area contributed by atoms with Crippen molar-refractivity contribution in [2.24, 2.45) is 0 Å². The van der Waals surface area contributed by atoms with Crippen LogP contribution in [0.1, 0.15) is 21.7 Å². The Morgan fingerprint density at radius 2 is 2.00 bits per heavy atom. The molecule has 2 heterocycles. The lowest BCUT2D eigenvalue weighted by Crippen LogP contribution is -2.03. The van der Waals surface area contributed by atoms with E-state index < -0.39 is 17.3 Å². The first-order valence-electron chi connectivity index (χ1n) is 5.64. The number of nitrogens with zero attached hydrogens (tertiary/aromatic N) is 1. The fourth-order valence-electron chi connectivity index (χ4n) is 1.82. The third kappa shape index (κ3) is 2.30. The van der Waals surface area contributed by atoms with Crippen molar-refractivity contribution < 1.29 is 22.7 Å². The van der Waals surface area contributed by atoms with Crippen LogP contribution < -0.4 is 0 Å². The summed E-state index contributed by atoms with van der Waals surface area (Å²) in [6, 6.07) is 8.70. The summed E-state index contributed by atoms with van der Waals surface area (Å²) in [5, 5.41) is 9.88. The van der Waals surface area contributed by atoms with Gasteiger partial charge in [-0.25, -0.2) is 4.98 Å². The van der Waals surface area contributed by atoms with E-state index in [-0.39, 0.29) is 10.6 Å². The lowest BCUT2D eigenvalue weighted by Gasteiger charge is -2.03. The number of fused-ring (bicyclic) bond motifs is 1. The molecule has 1 N–H and O–H groups in total. The summed E-state index contributed by atoms with van der Waals surface area (Å²) in [7, 11) is 0. The third-order valence-corrected chi connectivity index (χ3v) is 3.84. The third-order valence-electron chi connectivity index (χ3n) is 2.75. The Bertz CT molecular complexity index is 714. The zero-order valence-electron chi connectivity index (χ0n) is 9.89. The molecule has 3 nitrogen and oxygen atoms in total. The monoisotopic (exact) mass is 299 g/mol. The molecule has 0 fully saturated rings. The van der Waals surface area contributed by atoms with Gasteiger partial charge in [-0.1, -0.05) is 18.2 Å². The van der Waals surface area contributed by atoms with E-state index in [1.807, 2.05) is 6.07 Å². The topological polar surface area (TPSA) is 46.3 Å². The summed E-state index contributed by atoms with van der Waals surface area (Å²) in [4.78, 5) is 3.37. The zero-order valence-corrected chi connectivity index (χ0v) is 10.7. The lowest BCUT2D eigenvalue weighted by molar-refractivity contribution is -0.137. The van der Waals surface area contributed by atoms with Gasteiger partial charge >= 0.3 is 6.18 Å². The Morgan fingerprint density at radius 3 is 2.65 bits per heavy atom. The largest absolute Gasteiger partial charge is 0.458 e. The first kappa shape index (κ1) is 13.1. The van der Waals surface area contributed by atoms with Crippen molar-refractivity contribution in [1.82, 2.24) is 4.98 Å². The van der Waals surface area contributed by atoms with Gasteiger partial charge in [0.05, 0.1) is 4.88 Å². The predicted molar refractivity (Wildman–Crippen MR) is 67.4 cm³/mol. The molecule has 2 aromatic heterocycles. The standard InChI is InChI=1S/C13H8F3NO2S/c14-13(15,16)12-17-6-10(20-12)11(18)9-5-7-3-1-2-4-8(7)19-9/h1-6,11,18H. The summed E-state index contributed by atoms with van der Waals surface area (Å²) >= 11 is 0.407. The molecule has 0 aliphatic carbocycles. The van der Waals surface area contributed by atoms with Crippen molar-refractivity contribution >= 4 is 22.3 Å². The first-order chi connectivity index (χ1) is 9.45. The summed E-state index contributed by atoms with van der Waals surface area (Å²) in [6.45, 7) is 0. The SMILES string of the molecule is OC(c1cc2ccccc2o1)c1cnc(C(F)(F)F)s1. The number of alkyl halides is 3. The maximum absolute atomic E-state index is 12.5. The van der Waals surface area contributed by atoms with E-state index in [0.29, 0.717) is 16.9 Å². The fourth-order valence-corrected chi connectivity index (χ4v) is 2.60.